The Kier molecular flexibility index (Phi) is 9.32. The van der Waals surface area contributed by atoms with Crippen LogP contribution in [0.2, 0.25) is 0 Å². The van der Waals surface area contributed by atoms with E-state index >= 15 is 0 Å². The quantitative estimate of drug-likeness (QED) is 0.275. The monoisotopic (exact) mass is 378 g/mol. The van der Waals surface area contributed by atoms with Gasteiger partial charge in [0.1, 0.15) is 11.9 Å². The van der Waals surface area contributed by atoms with Gasteiger partial charge in [0, 0.05) is 20.3 Å². The summed E-state index contributed by atoms with van der Waals surface area (Å²) in [4.78, 5) is 12.3. The van der Waals surface area contributed by atoms with Crippen molar-refractivity contribution in [2.75, 3.05) is 33.6 Å². The van der Waals surface area contributed by atoms with Crippen LogP contribution in [0.3, 0.4) is 0 Å². The van der Waals surface area contributed by atoms with Crippen molar-refractivity contribution in [2.45, 2.75) is 58.3 Å². The standard InChI is InChI=1S/C17H31O7P/c1-6-22-25(19,23-7-2)13-14-12-15(18)17(3,24-14)11-9-8-10-16(20-4)21-5/h12,16H,6-11,13H2,1-5H3. The smallest absolute Gasteiger partial charge is 0.338 e. The van der Waals surface area contributed by atoms with Gasteiger partial charge < -0.3 is 23.3 Å². The Labute approximate surface area is 150 Å². The van der Waals surface area contributed by atoms with E-state index in [1.165, 1.54) is 6.08 Å². The van der Waals surface area contributed by atoms with Gasteiger partial charge in [-0.15, -0.1) is 0 Å². The highest BCUT2D eigenvalue weighted by atomic mass is 31.2. The van der Waals surface area contributed by atoms with Gasteiger partial charge in [-0.1, -0.05) is 0 Å². The topological polar surface area (TPSA) is 80.3 Å². The summed E-state index contributed by atoms with van der Waals surface area (Å²) in [7, 11) is -0.0800. The zero-order valence-corrected chi connectivity index (χ0v) is 16.8. The predicted molar refractivity (Wildman–Crippen MR) is 94.6 cm³/mol. The molecule has 0 aromatic carbocycles. The van der Waals surface area contributed by atoms with Crippen LogP contribution in [0.4, 0.5) is 0 Å². The van der Waals surface area contributed by atoms with Crippen LogP contribution in [0.25, 0.3) is 0 Å². The molecule has 1 aliphatic rings. The maximum atomic E-state index is 12.6. The Hall–Kier alpha value is -0.720. The number of carbonyl (C=O) groups is 1. The van der Waals surface area contributed by atoms with Gasteiger partial charge in [-0.05, 0) is 46.5 Å². The van der Waals surface area contributed by atoms with E-state index in [9.17, 15) is 9.36 Å². The molecule has 1 atom stereocenters. The van der Waals surface area contributed by atoms with E-state index in [0.29, 0.717) is 12.2 Å². The van der Waals surface area contributed by atoms with Gasteiger partial charge in [0.25, 0.3) is 0 Å². The fourth-order valence-corrected chi connectivity index (χ4v) is 4.32. The number of ketones is 1. The summed E-state index contributed by atoms with van der Waals surface area (Å²) in [6.07, 6.45) is 4.13. The van der Waals surface area contributed by atoms with Crippen molar-refractivity contribution in [3.8, 4) is 0 Å². The predicted octanol–water partition coefficient (Wildman–Crippen LogP) is 3.67. The third-order valence-electron chi connectivity index (χ3n) is 4.04. The van der Waals surface area contributed by atoms with Crippen molar-refractivity contribution in [2.24, 2.45) is 0 Å². The number of hydrogen-bond acceptors (Lipinski definition) is 7. The van der Waals surface area contributed by atoms with E-state index < -0.39 is 13.2 Å². The van der Waals surface area contributed by atoms with Crippen LogP contribution in [0.5, 0.6) is 0 Å². The minimum absolute atomic E-state index is 0.0224. The van der Waals surface area contributed by atoms with Crippen LogP contribution in [0.15, 0.2) is 11.8 Å². The second kappa shape index (κ2) is 10.4. The van der Waals surface area contributed by atoms with Crippen LogP contribution in [0.1, 0.15) is 46.5 Å². The minimum atomic E-state index is -3.28. The van der Waals surface area contributed by atoms with Crippen LogP contribution < -0.4 is 0 Å². The maximum Gasteiger partial charge on any atom is 0.338 e. The maximum absolute atomic E-state index is 12.6. The molecule has 0 bridgehead atoms. The first-order valence-electron chi connectivity index (χ1n) is 8.70. The molecule has 1 rings (SSSR count). The third-order valence-corrected chi connectivity index (χ3v) is 6.04. The number of rotatable bonds is 13. The number of methoxy groups -OCH3 is 2. The summed E-state index contributed by atoms with van der Waals surface area (Å²) in [5, 5.41) is 0. The van der Waals surface area contributed by atoms with Gasteiger partial charge in [-0.25, -0.2) is 0 Å². The lowest BCUT2D eigenvalue weighted by atomic mass is 9.94. The fourth-order valence-electron chi connectivity index (χ4n) is 2.74. The van der Waals surface area contributed by atoms with Gasteiger partial charge in [0.2, 0.25) is 5.78 Å². The second-order valence-electron chi connectivity index (χ2n) is 6.06. The molecular weight excluding hydrogens is 347 g/mol. The first kappa shape index (κ1) is 22.3. The van der Waals surface area contributed by atoms with Gasteiger partial charge in [0.05, 0.1) is 13.2 Å². The molecule has 1 unspecified atom stereocenters. The summed E-state index contributed by atoms with van der Waals surface area (Å²) in [5.41, 5.74) is -0.922. The number of unbranched alkanes of at least 4 members (excludes halogenated alkanes) is 1. The first-order chi connectivity index (χ1) is 11.8. The highest BCUT2D eigenvalue weighted by Crippen LogP contribution is 2.51. The largest absolute Gasteiger partial charge is 0.483 e. The molecule has 0 fully saturated rings. The summed E-state index contributed by atoms with van der Waals surface area (Å²) in [6.45, 7) is 5.80. The molecule has 0 N–H and O–H groups in total. The Morgan fingerprint density at radius 1 is 1.16 bits per heavy atom. The molecule has 0 amide bonds. The molecule has 0 aromatic rings. The second-order valence-corrected chi connectivity index (χ2v) is 8.11. The zero-order valence-electron chi connectivity index (χ0n) is 15.9. The normalized spacial score (nSPS) is 20.9. The molecular formula is C17H31O7P. The van der Waals surface area contributed by atoms with Crippen molar-refractivity contribution in [3.05, 3.63) is 11.8 Å². The van der Waals surface area contributed by atoms with Crippen molar-refractivity contribution in [1.82, 2.24) is 0 Å². The lowest BCUT2D eigenvalue weighted by Crippen LogP contribution is -2.32. The molecule has 8 heteroatoms. The third kappa shape index (κ3) is 6.83. The van der Waals surface area contributed by atoms with E-state index in [1.807, 2.05) is 0 Å². The molecule has 0 aliphatic carbocycles. The Balaban J connectivity index is 2.55. The van der Waals surface area contributed by atoms with Gasteiger partial charge in [-0.3, -0.25) is 9.36 Å². The number of allylic oxidation sites excluding steroid dienone is 1. The molecule has 0 saturated heterocycles. The Morgan fingerprint density at radius 2 is 1.76 bits per heavy atom. The molecule has 7 nitrogen and oxygen atoms in total. The van der Waals surface area contributed by atoms with Crippen molar-refractivity contribution in [1.29, 1.82) is 0 Å². The molecule has 0 saturated carbocycles. The van der Waals surface area contributed by atoms with E-state index in [2.05, 4.69) is 0 Å². The molecule has 0 aromatic heterocycles. The first-order valence-corrected chi connectivity index (χ1v) is 10.4. The zero-order chi connectivity index (χ0) is 18.9. The SMILES string of the molecule is CCOP(=O)(CC1=CC(=O)C(C)(CCCCC(OC)OC)O1)OCC. The summed E-state index contributed by atoms with van der Waals surface area (Å²) >= 11 is 0. The van der Waals surface area contributed by atoms with Crippen molar-refractivity contribution < 1.29 is 32.6 Å². The number of hydrogen-bond donors (Lipinski definition) is 0. The van der Waals surface area contributed by atoms with Gasteiger partial charge in [0.15, 0.2) is 11.9 Å². The highest BCUT2D eigenvalue weighted by Gasteiger charge is 2.41. The van der Waals surface area contributed by atoms with E-state index in [0.717, 1.165) is 19.3 Å². The number of carbonyl (C=O) groups excluding carboxylic acids is 1. The molecule has 146 valence electrons. The van der Waals surface area contributed by atoms with Gasteiger partial charge >= 0.3 is 7.60 Å². The minimum Gasteiger partial charge on any atom is -0.483 e. The van der Waals surface area contributed by atoms with Crippen molar-refractivity contribution in [3.63, 3.8) is 0 Å². The van der Waals surface area contributed by atoms with E-state index in [-0.39, 0.29) is 31.4 Å². The van der Waals surface area contributed by atoms with Gasteiger partial charge in [-0.2, -0.15) is 0 Å². The summed E-state index contributed by atoms with van der Waals surface area (Å²) in [6, 6.07) is 0. The average Bonchev–Trinajstić information content (AvgIpc) is 2.81. The van der Waals surface area contributed by atoms with Crippen LogP contribution in [0, 0.1) is 0 Å². The molecule has 25 heavy (non-hydrogen) atoms. The molecule has 0 radical (unpaired) electrons. The lowest BCUT2D eigenvalue weighted by Gasteiger charge is -2.25. The molecule has 1 aliphatic heterocycles. The summed E-state index contributed by atoms with van der Waals surface area (Å²) < 4.78 is 39.2. The Morgan fingerprint density at radius 3 is 2.28 bits per heavy atom. The fraction of sp³-hybridized carbons (Fsp3) is 0.824. The van der Waals surface area contributed by atoms with Crippen LogP contribution in [-0.2, 0) is 32.6 Å². The number of ether oxygens (including phenoxy) is 3. The van der Waals surface area contributed by atoms with E-state index in [4.69, 9.17) is 23.3 Å². The Bertz CT molecular complexity index is 491. The lowest BCUT2D eigenvalue weighted by molar-refractivity contribution is -0.129. The van der Waals surface area contributed by atoms with Crippen molar-refractivity contribution >= 4 is 13.4 Å². The highest BCUT2D eigenvalue weighted by molar-refractivity contribution is 7.54. The average molecular weight is 378 g/mol. The van der Waals surface area contributed by atoms with Crippen LogP contribution in [-0.4, -0.2) is 51.3 Å². The molecule has 0 spiro atoms. The molecule has 1 heterocycles. The van der Waals surface area contributed by atoms with Crippen LogP contribution >= 0.6 is 7.60 Å². The summed E-state index contributed by atoms with van der Waals surface area (Å²) in [5.74, 6) is 0.251. The van der Waals surface area contributed by atoms with E-state index in [1.54, 1.807) is 35.0 Å².